The molecule has 1 fully saturated rings. The first-order valence-corrected chi connectivity index (χ1v) is 6.25. The zero-order valence-electron chi connectivity index (χ0n) is 9.76. The molecule has 0 bridgehead atoms. The van der Waals surface area contributed by atoms with E-state index in [0.29, 0.717) is 0 Å². The third-order valence-electron chi connectivity index (χ3n) is 3.65. The Morgan fingerprint density at radius 2 is 2.12 bits per heavy atom. The van der Waals surface area contributed by atoms with Crippen LogP contribution >= 0.6 is 0 Å². The third kappa shape index (κ3) is 2.08. The molecule has 0 saturated heterocycles. The summed E-state index contributed by atoms with van der Waals surface area (Å²) < 4.78 is 0. The van der Waals surface area contributed by atoms with Gasteiger partial charge >= 0.3 is 0 Å². The Hall–Kier alpha value is -1.32. The fraction of sp³-hybridized carbons (Fsp3) is 0.429. The van der Waals surface area contributed by atoms with Gasteiger partial charge in [0, 0.05) is 28.7 Å². The molecule has 1 saturated carbocycles. The van der Waals surface area contributed by atoms with Crippen molar-refractivity contribution in [1.82, 2.24) is 4.98 Å². The highest BCUT2D eigenvalue weighted by Gasteiger charge is 2.28. The Morgan fingerprint density at radius 1 is 1.35 bits per heavy atom. The monoisotopic (exact) mass is 230 g/mol. The summed E-state index contributed by atoms with van der Waals surface area (Å²) in [6.07, 6.45) is 4.79. The summed E-state index contributed by atoms with van der Waals surface area (Å²) in [7, 11) is 0. The minimum absolute atomic E-state index is 0.151. The van der Waals surface area contributed by atoms with Gasteiger partial charge in [0.2, 0.25) is 0 Å². The quantitative estimate of drug-likeness (QED) is 0.755. The van der Waals surface area contributed by atoms with E-state index in [1.54, 1.807) is 0 Å². The average molecular weight is 230 g/mol. The molecule has 3 rings (SSSR count). The third-order valence-corrected chi connectivity index (χ3v) is 3.65. The first-order valence-electron chi connectivity index (χ1n) is 6.25. The van der Waals surface area contributed by atoms with Crippen molar-refractivity contribution in [3.05, 3.63) is 36.0 Å². The average Bonchev–Trinajstić information content (AvgIpc) is 3.05. The van der Waals surface area contributed by atoms with Crippen LogP contribution in [0.2, 0.25) is 0 Å². The fourth-order valence-electron chi connectivity index (χ4n) is 2.44. The molecule has 90 valence electrons. The molecule has 2 atom stereocenters. The second-order valence-electron chi connectivity index (χ2n) is 5.08. The number of fused-ring (bicyclic) bond motifs is 1. The Morgan fingerprint density at radius 3 is 2.88 bits per heavy atom. The summed E-state index contributed by atoms with van der Waals surface area (Å²) >= 11 is 0. The molecule has 3 heteroatoms. The van der Waals surface area contributed by atoms with E-state index < -0.39 is 6.10 Å². The number of nitrogens with one attached hydrogen (secondary N) is 1. The highest BCUT2D eigenvalue weighted by atomic mass is 16.3. The van der Waals surface area contributed by atoms with Gasteiger partial charge in [-0.1, -0.05) is 31.0 Å². The van der Waals surface area contributed by atoms with Crippen LogP contribution in [-0.4, -0.2) is 16.1 Å². The number of nitrogens with two attached hydrogens (primary N) is 1. The van der Waals surface area contributed by atoms with E-state index in [-0.39, 0.29) is 6.04 Å². The predicted molar refractivity (Wildman–Crippen MR) is 68.6 cm³/mol. The molecule has 1 aliphatic rings. The lowest BCUT2D eigenvalue weighted by Gasteiger charge is -2.18. The zero-order chi connectivity index (χ0) is 11.8. The number of aliphatic hydroxyl groups excluding tert-OH is 1. The largest absolute Gasteiger partial charge is 0.387 e. The van der Waals surface area contributed by atoms with E-state index in [9.17, 15) is 5.11 Å². The molecule has 17 heavy (non-hydrogen) atoms. The van der Waals surface area contributed by atoms with Gasteiger partial charge in [-0.05, 0) is 18.4 Å². The molecule has 3 nitrogen and oxygen atoms in total. The first kappa shape index (κ1) is 10.8. The van der Waals surface area contributed by atoms with Crippen molar-refractivity contribution in [3.63, 3.8) is 0 Å². The summed E-state index contributed by atoms with van der Waals surface area (Å²) in [6, 6.07) is 7.85. The first-order chi connectivity index (χ1) is 8.25. The topological polar surface area (TPSA) is 62.0 Å². The summed E-state index contributed by atoms with van der Waals surface area (Å²) in [6.45, 7) is 0. The number of hydrogen-bond donors (Lipinski definition) is 3. The molecule has 0 amide bonds. The van der Waals surface area contributed by atoms with Crippen molar-refractivity contribution < 1.29 is 5.11 Å². The number of hydrogen-bond acceptors (Lipinski definition) is 2. The van der Waals surface area contributed by atoms with Crippen LogP contribution in [-0.2, 0) is 0 Å². The van der Waals surface area contributed by atoms with Crippen molar-refractivity contribution in [2.45, 2.75) is 31.4 Å². The molecular weight excluding hydrogens is 212 g/mol. The molecule has 0 radical (unpaired) electrons. The standard InChI is InChI=1S/C14H18N2O/c15-12(7-9-5-6-9)14(17)11-8-16-13-4-2-1-3-10(11)13/h1-4,8-9,12,14,16-17H,5-7,15H2. The van der Waals surface area contributed by atoms with Gasteiger partial charge in [0.15, 0.2) is 0 Å². The van der Waals surface area contributed by atoms with Crippen LogP contribution in [0, 0.1) is 5.92 Å². The number of aromatic amines is 1. The van der Waals surface area contributed by atoms with Gasteiger partial charge in [0.25, 0.3) is 0 Å². The minimum Gasteiger partial charge on any atom is -0.387 e. The van der Waals surface area contributed by atoms with Crippen LogP contribution in [0.5, 0.6) is 0 Å². The Bertz CT molecular complexity index is 516. The molecule has 1 heterocycles. The molecule has 1 aromatic carbocycles. The lowest BCUT2D eigenvalue weighted by molar-refractivity contribution is 0.141. The van der Waals surface area contributed by atoms with E-state index in [1.807, 2.05) is 30.5 Å². The predicted octanol–water partition coefficient (Wildman–Crippen LogP) is 2.33. The maximum Gasteiger partial charge on any atom is 0.0961 e. The lowest BCUT2D eigenvalue weighted by Crippen LogP contribution is -2.28. The molecule has 1 aliphatic carbocycles. The minimum atomic E-state index is -0.563. The van der Waals surface area contributed by atoms with Crippen molar-refractivity contribution in [2.75, 3.05) is 0 Å². The van der Waals surface area contributed by atoms with Gasteiger partial charge in [-0.15, -0.1) is 0 Å². The smallest absolute Gasteiger partial charge is 0.0961 e. The van der Waals surface area contributed by atoms with Crippen LogP contribution in [0.4, 0.5) is 0 Å². The highest BCUT2D eigenvalue weighted by molar-refractivity contribution is 5.83. The highest BCUT2D eigenvalue weighted by Crippen LogP contribution is 2.36. The summed E-state index contributed by atoms with van der Waals surface area (Å²) in [5.74, 6) is 0.741. The van der Waals surface area contributed by atoms with Gasteiger partial charge < -0.3 is 15.8 Å². The van der Waals surface area contributed by atoms with E-state index >= 15 is 0 Å². The van der Waals surface area contributed by atoms with Crippen LogP contribution in [0.25, 0.3) is 10.9 Å². The van der Waals surface area contributed by atoms with Crippen LogP contribution in [0.15, 0.2) is 30.5 Å². The van der Waals surface area contributed by atoms with Crippen LogP contribution in [0.3, 0.4) is 0 Å². The molecule has 0 aliphatic heterocycles. The zero-order valence-corrected chi connectivity index (χ0v) is 9.76. The second-order valence-corrected chi connectivity index (χ2v) is 5.08. The van der Waals surface area contributed by atoms with Gasteiger partial charge in [-0.2, -0.15) is 0 Å². The van der Waals surface area contributed by atoms with Crippen molar-refractivity contribution in [3.8, 4) is 0 Å². The SMILES string of the molecule is NC(CC1CC1)C(O)c1c[nH]c2ccccc12. The van der Waals surface area contributed by atoms with Crippen molar-refractivity contribution in [2.24, 2.45) is 11.7 Å². The number of benzene rings is 1. The maximum absolute atomic E-state index is 10.3. The molecule has 0 spiro atoms. The number of aromatic nitrogens is 1. The molecule has 2 aromatic rings. The van der Waals surface area contributed by atoms with Gasteiger partial charge in [0.1, 0.15) is 0 Å². The number of aliphatic hydroxyl groups is 1. The van der Waals surface area contributed by atoms with Gasteiger partial charge in [-0.25, -0.2) is 0 Å². The number of para-hydroxylation sites is 1. The van der Waals surface area contributed by atoms with E-state index in [0.717, 1.165) is 28.8 Å². The summed E-state index contributed by atoms with van der Waals surface area (Å²) in [5, 5.41) is 11.4. The Labute approximate surface area is 101 Å². The fourth-order valence-corrected chi connectivity index (χ4v) is 2.44. The molecule has 4 N–H and O–H groups in total. The van der Waals surface area contributed by atoms with Gasteiger partial charge in [-0.3, -0.25) is 0 Å². The van der Waals surface area contributed by atoms with Crippen molar-refractivity contribution in [1.29, 1.82) is 0 Å². The van der Waals surface area contributed by atoms with Crippen molar-refractivity contribution >= 4 is 10.9 Å². The molecule has 1 aromatic heterocycles. The summed E-state index contributed by atoms with van der Waals surface area (Å²) in [5.41, 5.74) is 8.06. The maximum atomic E-state index is 10.3. The van der Waals surface area contributed by atoms with Gasteiger partial charge in [0.05, 0.1) is 6.10 Å². The van der Waals surface area contributed by atoms with E-state index in [4.69, 9.17) is 5.73 Å². The van der Waals surface area contributed by atoms with E-state index in [1.165, 1.54) is 12.8 Å². The lowest BCUT2D eigenvalue weighted by atomic mass is 9.98. The molecular formula is C14H18N2O. The molecule has 2 unspecified atom stereocenters. The van der Waals surface area contributed by atoms with Crippen LogP contribution in [0.1, 0.15) is 30.9 Å². The Balaban J connectivity index is 1.86. The summed E-state index contributed by atoms with van der Waals surface area (Å²) in [4.78, 5) is 3.18. The van der Waals surface area contributed by atoms with Crippen LogP contribution < -0.4 is 5.73 Å². The Kier molecular flexibility index (Phi) is 2.65. The number of rotatable bonds is 4. The normalized spacial score (nSPS) is 19.4. The number of H-pyrrole nitrogens is 1. The second kappa shape index (κ2) is 4.17. The van der Waals surface area contributed by atoms with E-state index in [2.05, 4.69) is 4.98 Å².